The molecule has 3 rings (SSSR count). The van der Waals surface area contributed by atoms with Gasteiger partial charge in [0.25, 0.3) is 0 Å². The average Bonchev–Trinajstić information content (AvgIpc) is 3.14. The van der Waals surface area contributed by atoms with Gasteiger partial charge in [-0.2, -0.15) is 0 Å². The highest BCUT2D eigenvalue weighted by atomic mass is 35.5. The maximum Gasteiger partial charge on any atom is 0.124 e. The van der Waals surface area contributed by atoms with Gasteiger partial charge >= 0.3 is 0 Å². The van der Waals surface area contributed by atoms with Crippen LogP contribution in [0.4, 0.5) is 4.39 Å². The summed E-state index contributed by atoms with van der Waals surface area (Å²) in [6.45, 7) is 1.83. The monoisotopic (exact) mass is 253 g/mol. The predicted molar refractivity (Wildman–Crippen MR) is 67.5 cm³/mol. The smallest absolute Gasteiger partial charge is 0.124 e. The third kappa shape index (κ3) is 2.48. The van der Waals surface area contributed by atoms with E-state index in [2.05, 4.69) is 5.32 Å². The molecule has 0 aliphatic heterocycles. The molecule has 0 amide bonds. The number of hydrogen-bond donors (Lipinski definition) is 1. The number of rotatable bonds is 5. The van der Waals surface area contributed by atoms with Gasteiger partial charge in [-0.3, -0.25) is 0 Å². The van der Waals surface area contributed by atoms with Gasteiger partial charge in [0, 0.05) is 18.1 Å². The second-order valence-electron chi connectivity index (χ2n) is 5.48. The second kappa shape index (κ2) is 4.25. The van der Waals surface area contributed by atoms with E-state index < -0.39 is 0 Å². The highest BCUT2D eigenvalue weighted by Crippen LogP contribution is 2.60. The number of hydrogen-bond acceptors (Lipinski definition) is 1. The van der Waals surface area contributed by atoms with E-state index in [-0.39, 0.29) is 5.82 Å². The largest absolute Gasteiger partial charge is 0.312 e. The van der Waals surface area contributed by atoms with Crippen LogP contribution in [-0.2, 0) is 6.54 Å². The molecule has 17 heavy (non-hydrogen) atoms. The summed E-state index contributed by atoms with van der Waals surface area (Å²) in [5.74, 6) is 0.703. The summed E-state index contributed by atoms with van der Waals surface area (Å²) in [6, 6.07) is 4.62. The van der Waals surface area contributed by atoms with Gasteiger partial charge in [-0.25, -0.2) is 4.39 Å². The third-order valence-corrected chi connectivity index (χ3v) is 4.50. The first-order valence-corrected chi connectivity index (χ1v) is 6.72. The Bertz CT molecular complexity index is 424. The van der Waals surface area contributed by atoms with Crippen LogP contribution in [0.25, 0.3) is 0 Å². The SMILES string of the molecule is Fc1ccc(CNCC2(C3CC3)CC2)c(Cl)c1. The Hall–Kier alpha value is -0.600. The van der Waals surface area contributed by atoms with E-state index in [0.29, 0.717) is 10.4 Å². The second-order valence-corrected chi connectivity index (χ2v) is 5.88. The highest BCUT2D eigenvalue weighted by molar-refractivity contribution is 6.31. The molecule has 0 aromatic heterocycles. The molecule has 2 saturated carbocycles. The van der Waals surface area contributed by atoms with Crippen LogP contribution < -0.4 is 5.32 Å². The molecule has 0 spiro atoms. The van der Waals surface area contributed by atoms with E-state index in [0.717, 1.165) is 24.6 Å². The predicted octanol–water partition coefficient (Wildman–Crippen LogP) is 3.76. The third-order valence-electron chi connectivity index (χ3n) is 4.14. The lowest BCUT2D eigenvalue weighted by Gasteiger charge is -2.15. The van der Waals surface area contributed by atoms with Crippen LogP contribution in [0, 0.1) is 17.2 Å². The quantitative estimate of drug-likeness (QED) is 0.843. The molecular formula is C14H17ClFN. The summed E-state index contributed by atoms with van der Waals surface area (Å²) in [5, 5.41) is 4.00. The number of benzene rings is 1. The molecule has 1 aromatic carbocycles. The van der Waals surface area contributed by atoms with Gasteiger partial charge in [-0.15, -0.1) is 0 Å². The topological polar surface area (TPSA) is 12.0 Å². The lowest BCUT2D eigenvalue weighted by atomic mass is 10.0. The van der Waals surface area contributed by atoms with E-state index in [4.69, 9.17) is 11.6 Å². The molecule has 1 aromatic rings. The van der Waals surface area contributed by atoms with Crippen LogP contribution in [0.1, 0.15) is 31.2 Å². The van der Waals surface area contributed by atoms with E-state index in [1.54, 1.807) is 6.07 Å². The van der Waals surface area contributed by atoms with Crippen molar-refractivity contribution in [3.63, 3.8) is 0 Å². The first kappa shape index (κ1) is 11.5. The molecule has 1 nitrogen and oxygen atoms in total. The summed E-state index contributed by atoms with van der Waals surface area (Å²) in [6.07, 6.45) is 5.58. The van der Waals surface area contributed by atoms with Crippen molar-refractivity contribution < 1.29 is 4.39 Å². The van der Waals surface area contributed by atoms with E-state index in [9.17, 15) is 4.39 Å². The van der Waals surface area contributed by atoms with E-state index in [1.165, 1.54) is 37.8 Å². The van der Waals surface area contributed by atoms with Gasteiger partial charge < -0.3 is 5.32 Å². The Morgan fingerprint density at radius 3 is 2.71 bits per heavy atom. The Balaban J connectivity index is 1.53. The number of halogens is 2. The molecule has 0 radical (unpaired) electrons. The van der Waals surface area contributed by atoms with Crippen molar-refractivity contribution in [2.45, 2.75) is 32.2 Å². The van der Waals surface area contributed by atoms with E-state index in [1.807, 2.05) is 0 Å². The zero-order valence-electron chi connectivity index (χ0n) is 9.81. The summed E-state index contributed by atoms with van der Waals surface area (Å²) < 4.78 is 12.9. The molecule has 2 aliphatic carbocycles. The minimum atomic E-state index is -0.268. The zero-order chi connectivity index (χ0) is 11.9. The molecule has 1 N–H and O–H groups in total. The summed E-state index contributed by atoms with van der Waals surface area (Å²) in [5.41, 5.74) is 1.59. The van der Waals surface area contributed by atoms with Crippen LogP contribution in [-0.4, -0.2) is 6.54 Å². The molecule has 0 saturated heterocycles. The Labute approximate surface area is 106 Å². The van der Waals surface area contributed by atoms with Crippen molar-refractivity contribution in [2.75, 3.05) is 6.54 Å². The fourth-order valence-corrected chi connectivity index (χ4v) is 2.93. The number of nitrogens with one attached hydrogen (secondary N) is 1. The maximum absolute atomic E-state index is 12.9. The minimum Gasteiger partial charge on any atom is -0.312 e. The van der Waals surface area contributed by atoms with E-state index >= 15 is 0 Å². The fourth-order valence-electron chi connectivity index (χ4n) is 2.70. The summed E-state index contributed by atoms with van der Waals surface area (Å²) in [7, 11) is 0. The van der Waals surface area contributed by atoms with Gasteiger partial charge in [0.2, 0.25) is 0 Å². The van der Waals surface area contributed by atoms with Crippen molar-refractivity contribution in [1.82, 2.24) is 5.32 Å². The molecule has 0 bridgehead atoms. The summed E-state index contributed by atoms with van der Waals surface area (Å²) in [4.78, 5) is 0. The van der Waals surface area contributed by atoms with Crippen molar-refractivity contribution in [3.8, 4) is 0 Å². The lowest BCUT2D eigenvalue weighted by Crippen LogP contribution is -2.25. The molecule has 2 aliphatic rings. The fraction of sp³-hybridized carbons (Fsp3) is 0.571. The molecule has 2 fully saturated rings. The van der Waals surface area contributed by atoms with Gasteiger partial charge in [-0.05, 0) is 54.7 Å². The van der Waals surface area contributed by atoms with Crippen LogP contribution in [0.3, 0.4) is 0 Å². The van der Waals surface area contributed by atoms with Crippen LogP contribution >= 0.6 is 11.6 Å². The molecule has 3 heteroatoms. The minimum absolute atomic E-state index is 0.268. The Morgan fingerprint density at radius 1 is 1.35 bits per heavy atom. The molecule has 0 heterocycles. The zero-order valence-corrected chi connectivity index (χ0v) is 10.6. The normalized spacial score (nSPS) is 21.5. The molecule has 92 valence electrons. The van der Waals surface area contributed by atoms with Crippen molar-refractivity contribution >= 4 is 11.6 Å². The summed E-state index contributed by atoms with van der Waals surface area (Å²) >= 11 is 5.99. The van der Waals surface area contributed by atoms with Gasteiger partial charge in [0.15, 0.2) is 0 Å². The van der Waals surface area contributed by atoms with Crippen molar-refractivity contribution in [2.24, 2.45) is 11.3 Å². The first-order valence-electron chi connectivity index (χ1n) is 6.34. The molecule has 0 atom stereocenters. The first-order chi connectivity index (χ1) is 8.20. The average molecular weight is 254 g/mol. The maximum atomic E-state index is 12.9. The van der Waals surface area contributed by atoms with Crippen molar-refractivity contribution in [3.05, 3.63) is 34.6 Å². The lowest BCUT2D eigenvalue weighted by molar-refractivity contribution is 0.403. The molecule has 0 unspecified atom stereocenters. The van der Waals surface area contributed by atoms with Gasteiger partial charge in [0.1, 0.15) is 5.82 Å². The van der Waals surface area contributed by atoms with Crippen LogP contribution in [0.15, 0.2) is 18.2 Å². The standard InChI is InChI=1S/C14H17ClFN/c15-13-7-12(16)4-1-10(13)8-17-9-14(5-6-14)11-2-3-11/h1,4,7,11,17H,2-3,5-6,8-9H2. The highest BCUT2D eigenvalue weighted by Gasteiger charge is 2.53. The Morgan fingerprint density at radius 2 is 2.12 bits per heavy atom. The van der Waals surface area contributed by atoms with Crippen LogP contribution in [0.5, 0.6) is 0 Å². The van der Waals surface area contributed by atoms with Crippen LogP contribution in [0.2, 0.25) is 5.02 Å². The van der Waals surface area contributed by atoms with Gasteiger partial charge in [-0.1, -0.05) is 17.7 Å². The molecular weight excluding hydrogens is 237 g/mol. The van der Waals surface area contributed by atoms with Crippen molar-refractivity contribution in [1.29, 1.82) is 0 Å². The van der Waals surface area contributed by atoms with Gasteiger partial charge in [0.05, 0.1) is 0 Å². The Kier molecular flexibility index (Phi) is 2.87.